The average molecular weight is 483 g/mol. The van der Waals surface area contributed by atoms with Crippen molar-refractivity contribution in [2.24, 2.45) is 0 Å². The number of aromatic amines is 1. The van der Waals surface area contributed by atoms with Gasteiger partial charge in [-0.1, -0.05) is 66.2 Å². The Morgan fingerprint density at radius 3 is 2.40 bits per heavy atom. The highest BCUT2D eigenvalue weighted by Gasteiger charge is 2.43. The van der Waals surface area contributed by atoms with Crippen molar-refractivity contribution >= 4 is 21.9 Å². The van der Waals surface area contributed by atoms with Crippen molar-refractivity contribution in [3.63, 3.8) is 0 Å². The van der Waals surface area contributed by atoms with Crippen LogP contribution in [0.2, 0.25) is 0 Å². The number of H-pyrrole nitrogens is 1. The maximum atomic E-state index is 13.7. The first-order chi connectivity index (χ1) is 17.0. The molecule has 1 saturated carbocycles. The summed E-state index contributed by atoms with van der Waals surface area (Å²) in [7, 11) is -3.74. The summed E-state index contributed by atoms with van der Waals surface area (Å²) in [6, 6.07) is 21.3. The molecule has 2 aromatic heterocycles. The minimum absolute atomic E-state index is 0.0683. The predicted molar refractivity (Wildman–Crippen MR) is 137 cm³/mol. The van der Waals surface area contributed by atoms with Gasteiger partial charge < -0.3 is 0 Å². The van der Waals surface area contributed by atoms with Crippen molar-refractivity contribution in [3.8, 4) is 0 Å². The molecule has 0 aliphatic heterocycles. The number of pyridine rings is 1. The molecule has 6 nitrogen and oxygen atoms in total. The van der Waals surface area contributed by atoms with E-state index in [1.807, 2.05) is 55.6 Å². The fourth-order valence-corrected chi connectivity index (χ4v) is 6.64. The van der Waals surface area contributed by atoms with Crippen LogP contribution in [0.15, 0.2) is 90.1 Å². The summed E-state index contributed by atoms with van der Waals surface area (Å²) in [5, 5.41) is 7.77. The number of fused-ring (bicyclic) bond motifs is 1. The molecular weight excluding hydrogens is 456 g/mol. The summed E-state index contributed by atoms with van der Waals surface area (Å²) < 4.78 is 29.0. The van der Waals surface area contributed by atoms with E-state index in [4.69, 9.17) is 0 Å². The Balaban J connectivity index is 1.45. The van der Waals surface area contributed by atoms with Crippen LogP contribution >= 0.6 is 0 Å². The molecule has 2 aromatic carbocycles. The van der Waals surface area contributed by atoms with Crippen LogP contribution in [-0.2, 0) is 21.9 Å². The van der Waals surface area contributed by atoms with E-state index in [1.54, 1.807) is 18.3 Å². The van der Waals surface area contributed by atoms with E-state index in [1.165, 1.54) is 4.31 Å². The highest BCUT2D eigenvalue weighted by molar-refractivity contribution is 7.92. The van der Waals surface area contributed by atoms with E-state index in [0.29, 0.717) is 17.1 Å². The number of aromatic nitrogens is 3. The molecule has 0 radical (unpaired) electrons. The third kappa shape index (κ3) is 3.67. The maximum Gasteiger partial charge on any atom is 0.265 e. The van der Waals surface area contributed by atoms with Gasteiger partial charge in [0.25, 0.3) is 10.0 Å². The molecule has 4 aromatic rings. The first-order valence-electron chi connectivity index (χ1n) is 11.8. The van der Waals surface area contributed by atoms with Crippen LogP contribution in [0.3, 0.4) is 0 Å². The van der Waals surface area contributed by atoms with Crippen LogP contribution in [0.4, 0.5) is 5.82 Å². The second kappa shape index (κ2) is 8.20. The maximum absolute atomic E-state index is 13.7. The highest BCUT2D eigenvalue weighted by atomic mass is 32.2. The van der Waals surface area contributed by atoms with E-state index < -0.39 is 15.4 Å². The molecule has 0 bridgehead atoms. The minimum Gasteiger partial charge on any atom is -0.280 e. The molecule has 1 unspecified atom stereocenters. The molecule has 0 spiro atoms. The highest BCUT2D eigenvalue weighted by Crippen LogP contribution is 2.45. The lowest BCUT2D eigenvalue weighted by atomic mass is 9.69. The monoisotopic (exact) mass is 482 g/mol. The van der Waals surface area contributed by atoms with Gasteiger partial charge in [-0.15, -0.1) is 0 Å². The summed E-state index contributed by atoms with van der Waals surface area (Å²) in [6.07, 6.45) is 10.2. The molecule has 0 saturated heterocycles. The Labute approximate surface area is 205 Å². The van der Waals surface area contributed by atoms with Crippen molar-refractivity contribution in [3.05, 3.63) is 113 Å². The number of benzene rings is 2. The Morgan fingerprint density at radius 2 is 1.71 bits per heavy atom. The Kier molecular flexibility index (Phi) is 5.11. The van der Waals surface area contributed by atoms with Crippen molar-refractivity contribution < 1.29 is 8.42 Å². The zero-order valence-electron chi connectivity index (χ0n) is 19.4. The van der Waals surface area contributed by atoms with Crippen LogP contribution in [0.25, 0.3) is 6.08 Å². The van der Waals surface area contributed by atoms with Gasteiger partial charge in [-0.2, -0.15) is 5.10 Å². The van der Waals surface area contributed by atoms with Gasteiger partial charge in [0.1, 0.15) is 0 Å². The molecule has 176 valence electrons. The number of nitrogens with one attached hydrogen (secondary N) is 1. The van der Waals surface area contributed by atoms with Crippen LogP contribution < -0.4 is 4.31 Å². The van der Waals surface area contributed by atoms with Gasteiger partial charge >= 0.3 is 0 Å². The molecular formula is C28H26N4O2S. The van der Waals surface area contributed by atoms with Gasteiger partial charge in [0.2, 0.25) is 0 Å². The number of hydrogen-bond acceptors (Lipinski definition) is 4. The fourth-order valence-electron chi connectivity index (χ4n) is 4.96. The zero-order valence-corrected chi connectivity index (χ0v) is 20.2. The number of hydrogen-bond donors (Lipinski definition) is 1. The van der Waals surface area contributed by atoms with Crippen molar-refractivity contribution in [1.29, 1.82) is 0 Å². The van der Waals surface area contributed by atoms with Crippen molar-refractivity contribution in [1.82, 2.24) is 15.2 Å². The number of anilines is 1. The standard InChI is InChI=1S/C28H26N4O2S/c1-20-9-13-24(14-10-20)35(33,34)32(23-11-12-23)27-25-15-16-28(18-26(25)30-31-27,21-6-3-2-4-7-21)22-8-5-17-29-19-22/h2-10,13-17,19,23H,11-12,18H2,1H3,(H,30,31). The van der Waals surface area contributed by atoms with E-state index in [-0.39, 0.29) is 6.04 Å². The van der Waals surface area contributed by atoms with Crippen LogP contribution in [0.1, 0.15) is 40.8 Å². The topological polar surface area (TPSA) is 79.0 Å². The van der Waals surface area contributed by atoms with Gasteiger partial charge in [0.15, 0.2) is 5.82 Å². The average Bonchev–Trinajstić information content (AvgIpc) is 3.64. The summed E-state index contributed by atoms with van der Waals surface area (Å²) in [4.78, 5) is 4.67. The lowest BCUT2D eigenvalue weighted by Gasteiger charge is -2.34. The van der Waals surface area contributed by atoms with Gasteiger partial charge in [-0.05, 0) is 49.1 Å². The largest absolute Gasteiger partial charge is 0.280 e. The summed E-state index contributed by atoms with van der Waals surface area (Å²) in [5.74, 6) is 0.479. The summed E-state index contributed by atoms with van der Waals surface area (Å²) >= 11 is 0. The van der Waals surface area contributed by atoms with Crippen LogP contribution in [0.5, 0.6) is 0 Å². The summed E-state index contributed by atoms with van der Waals surface area (Å²) in [5.41, 5.74) is 4.58. The number of nitrogens with zero attached hydrogens (tertiary/aromatic N) is 3. The second-order valence-electron chi connectivity index (χ2n) is 9.37. The number of allylic oxidation sites excluding steroid dienone is 1. The molecule has 35 heavy (non-hydrogen) atoms. The summed E-state index contributed by atoms with van der Waals surface area (Å²) in [6.45, 7) is 1.95. The van der Waals surface area contributed by atoms with Crippen molar-refractivity contribution in [2.45, 2.75) is 42.5 Å². The number of sulfonamides is 1. The predicted octanol–water partition coefficient (Wildman–Crippen LogP) is 5.03. The molecule has 1 atom stereocenters. The molecule has 2 heterocycles. The number of aryl methyl sites for hydroxylation is 1. The molecule has 1 N–H and O–H groups in total. The Bertz CT molecular complexity index is 1450. The fraction of sp³-hybridized carbons (Fsp3) is 0.214. The molecule has 0 amide bonds. The van der Waals surface area contributed by atoms with Gasteiger partial charge in [-0.3, -0.25) is 10.1 Å². The van der Waals surface area contributed by atoms with E-state index in [9.17, 15) is 8.42 Å². The van der Waals surface area contributed by atoms with Gasteiger partial charge in [0.05, 0.1) is 4.90 Å². The van der Waals surface area contributed by atoms with Gasteiger partial charge in [0, 0.05) is 41.5 Å². The third-order valence-electron chi connectivity index (χ3n) is 6.98. The molecule has 6 rings (SSSR count). The quantitative estimate of drug-likeness (QED) is 0.418. The second-order valence-corrected chi connectivity index (χ2v) is 11.2. The SMILES string of the molecule is Cc1ccc(S(=O)(=O)N(c2n[nH]c3c2C=CC(c2ccccc2)(c2cccnc2)C3)C2CC2)cc1. The zero-order chi connectivity index (χ0) is 24.0. The van der Waals surface area contributed by atoms with Crippen LogP contribution in [0, 0.1) is 6.92 Å². The first kappa shape index (κ1) is 21.8. The molecule has 1 fully saturated rings. The van der Waals surface area contributed by atoms with Gasteiger partial charge in [-0.25, -0.2) is 12.7 Å². The molecule has 2 aliphatic carbocycles. The Hall–Kier alpha value is -3.71. The third-order valence-corrected chi connectivity index (χ3v) is 8.84. The van der Waals surface area contributed by atoms with E-state index >= 15 is 0 Å². The smallest absolute Gasteiger partial charge is 0.265 e. The lowest BCUT2D eigenvalue weighted by Crippen LogP contribution is -2.34. The molecule has 7 heteroatoms. The van der Waals surface area contributed by atoms with Crippen molar-refractivity contribution in [2.75, 3.05) is 4.31 Å². The van der Waals surface area contributed by atoms with Crippen LogP contribution in [-0.4, -0.2) is 29.6 Å². The number of rotatable bonds is 6. The van der Waals surface area contributed by atoms with E-state index in [2.05, 4.69) is 39.5 Å². The lowest BCUT2D eigenvalue weighted by molar-refractivity contribution is 0.589. The molecule has 2 aliphatic rings. The normalized spacial score (nSPS) is 19.3. The Morgan fingerprint density at radius 1 is 0.971 bits per heavy atom. The minimum atomic E-state index is -3.74. The van der Waals surface area contributed by atoms with E-state index in [0.717, 1.165) is 40.8 Å². The first-order valence-corrected chi connectivity index (χ1v) is 13.3.